The molecule has 1 heterocycles. The minimum Gasteiger partial charge on any atom is -0.461 e. The van der Waals surface area contributed by atoms with Crippen LogP contribution in [0.4, 0.5) is 0 Å². The van der Waals surface area contributed by atoms with Gasteiger partial charge in [-0.15, -0.1) is 12.4 Å². The van der Waals surface area contributed by atoms with Gasteiger partial charge in [0.15, 0.2) is 5.69 Å². The Kier molecular flexibility index (Phi) is 5.55. The molecule has 0 fully saturated rings. The zero-order valence-electron chi connectivity index (χ0n) is 12.7. The van der Waals surface area contributed by atoms with E-state index in [1.54, 1.807) is 19.4 Å². The summed E-state index contributed by atoms with van der Waals surface area (Å²) < 4.78 is 6.77. The van der Waals surface area contributed by atoms with Crippen molar-refractivity contribution >= 4 is 18.4 Å². The van der Waals surface area contributed by atoms with Gasteiger partial charge in [-0.05, 0) is 30.2 Å². The Bertz CT molecular complexity index is 784. The van der Waals surface area contributed by atoms with Gasteiger partial charge in [0.25, 0.3) is 0 Å². The molecule has 3 rings (SSSR count). The first-order chi connectivity index (χ1) is 10.8. The molecular weight excluding hydrogens is 312 g/mol. The zero-order valence-corrected chi connectivity index (χ0v) is 13.5. The Morgan fingerprint density at radius 2 is 1.83 bits per heavy atom. The van der Waals surface area contributed by atoms with E-state index in [1.807, 2.05) is 34.9 Å². The first-order valence-electron chi connectivity index (χ1n) is 7.15. The number of esters is 1. The molecule has 0 aliphatic rings. The molecule has 0 bridgehead atoms. The fraction of sp³-hybridized carbons (Fsp3) is 0.111. The number of rotatable bonds is 4. The van der Waals surface area contributed by atoms with Crippen LogP contribution in [0.2, 0.25) is 0 Å². The molecular formula is C18H17ClN2O2. The van der Waals surface area contributed by atoms with Gasteiger partial charge in [-0.25, -0.2) is 9.78 Å². The monoisotopic (exact) mass is 328 g/mol. The summed E-state index contributed by atoms with van der Waals surface area (Å²) in [6.07, 6.45) is 3.30. The minimum absolute atomic E-state index is 0. The third-order valence-electron chi connectivity index (χ3n) is 3.32. The molecule has 0 saturated heterocycles. The summed E-state index contributed by atoms with van der Waals surface area (Å²) in [5, 5.41) is 0. The van der Waals surface area contributed by atoms with E-state index in [4.69, 9.17) is 4.74 Å². The second kappa shape index (κ2) is 7.61. The van der Waals surface area contributed by atoms with Crippen LogP contribution in [0.25, 0.3) is 16.8 Å². The van der Waals surface area contributed by atoms with Crippen molar-refractivity contribution in [3.05, 3.63) is 72.8 Å². The first kappa shape index (κ1) is 16.8. The molecule has 0 N–H and O–H groups in total. The van der Waals surface area contributed by atoms with Gasteiger partial charge in [0.1, 0.15) is 6.33 Å². The first-order valence-corrected chi connectivity index (χ1v) is 7.15. The summed E-state index contributed by atoms with van der Waals surface area (Å²) in [5.41, 5.74) is 3.52. The van der Waals surface area contributed by atoms with Gasteiger partial charge in [0.05, 0.1) is 6.61 Å². The van der Waals surface area contributed by atoms with E-state index in [1.165, 1.54) is 0 Å². The van der Waals surface area contributed by atoms with Crippen LogP contribution in [-0.4, -0.2) is 22.1 Å². The van der Waals surface area contributed by atoms with Crippen molar-refractivity contribution in [2.75, 3.05) is 6.61 Å². The van der Waals surface area contributed by atoms with Crippen molar-refractivity contribution in [3.63, 3.8) is 0 Å². The Balaban J connectivity index is 0.00000192. The zero-order chi connectivity index (χ0) is 15.4. The molecule has 0 amide bonds. The number of carbonyl (C=O) groups excluding carboxylic acids is 1. The van der Waals surface area contributed by atoms with E-state index >= 15 is 0 Å². The predicted octanol–water partition coefficient (Wildman–Crippen LogP) is 4.14. The molecule has 3 aromatic rings. The van der Waals surface area contributed by atoms with Gasteiger partial charge in [-0.2, -0.15) is 0 Å². The van der Waals surface area contributed by atoms with Crippen molar-refractivity contribution in [1.82, 2.24) is 9.55 Å². The normalized spacial score (nSPS) is 9.96. The molecule has 5 heteroatoms. The second-order valence-corrected chi connectivity index (χ2v) is 4.80. The number of hydrogen-bond acceptors (Lipinski definition) is 3. The van der Waals surface area contributed by atoms with Crippen molar-refractivity contribution in [1.29, 1.82) is 0 Å². The van der Waals surface area contributed by atoms with Crippen LogP contribution >= 0.6 is 12.4 Å². The quantitative estimate of drug-likeness (QED) is 0.676. The van der Waals surface area contributed by atoms with Crippen molar-refractivity contribution in [2.45, 2.75) is 6.92 Å². The van der Waals surface area contributed by atoms with Crippen LogP contribution in [0, 0.1) is 0 Å². The maximum atomic E-state index is 11.7. The van der Waals surface area contributed by atoms with Crippen LogP contribution in [0.15, 0.2) is 67.1 Å². The van der Waals surface area contributed by atoms with Crippen LogP contribution in [-0.2, 0) is 4.74 Å². The minimum atomic E-state index is -0.402. The fourth-order valence-corrected chi connectivity index (χ4v) is 2.25. The van der Waals surface area contributed by atoms with Crippen molar-refractivity contribution < 1.29 is 9.53 Å². The lowest BCUT2D eigenvalue weighted by Gasteiger charge is -2.06. The smallest absolute Gasteiger partial charge is 0.358 e. The largest absolute Gasteiger partial charge is 0.461 e. The molecule has 23 heavy (non-hydrogen) atoms. The summed E-state index contributed by atoms with van der Waals surface area (Å²) in [7, 11) is 0. The van der Waals surface area contributed by atoms with Crippen LogP contribution in [0.1, 0.15) is 17.4 Å². The average molecular weight is 329 g/mol. The van der Waals surface area contributed by atoms with Gasteiger partial charge in [-0.1, -0.05) is 42.5 Å². The molecule has 2 aromatic carbocycles. The molecule has 0 aliphatic carbocycles. The molecule has 0 radical (unpaired) electrons. The fourth-order valence-electron chi connectivity index (χ4n) is 2.25. The summed E-state index contributed by atoms with van der Waals surface area (Å²) in [6, 6.07) is 18.2. The van der Waals surface area contributed by atoms with E-state index in [0.29, 0.717) is 12.3 Å². The standard InChI is InChI=1S/C18H16N2O2.ClH/c1-2-22-18(21)17-12-20(13-19-17)16-10-6-9-15(11-16)14-7-4-3-5-8-14;/h3-13H,2H2,1H3;1H. The summed E-state index contributed by atoms with van der Waals surface area (Å²) in [6.45, 7) is 2.12. The van der Waals surface area contributed by atoms with Gasteiger partial charge < -0.3 is 9.30 Å². The van der Waals surface area contributed by atoms with Crippen molar-refractivity contribution in [3.8, 4) is 16.8 Å². The molecule has 4 nitrogen and oxygen atoms in total. The van der Waals surface area contributed by atoms with E-state index in [0.717, 1.165) is 16.8 Å². The van der Waals surface area contributed by atoms with Crippen molar-refractivity contribution in [2.24, 2.45) is 0 Å². The number of benzene rings is 2. The van der Waals surface area contributed by atoms with E-state index in [-0.39, 0.29) is 12.4 Å². The van der Waals surface area contributed by atoms with Crippen LogP contribution < -0.4 is 0 Å². The van der Waals surface area contributed by atoms with E-state index in [2.05, 4.69) is 29.2 Å². The SMILES string of the molecule is CCOC(=O)c1cn(-c2cccc(-c3ccccc3)c2)cn1.Cl. The third kappa shape index (κ3) is 3.79. The lowest BCUT2D eigenvalue weighted by Crippen LogP contribution is -2.04. The molecule has 0 spiro atoms. The molecule has 0 atom stereocenters. The topological polar surface area (TPSA) is 44.1 Å². The molecule has 0 unspecified atom stereocenters. The molecule has 0 saturated carbocycles. The maximum absolute atomic E-state index is 11.7. The summed E-state index contributed by atoms with van der Waals surface area (Å²) in [4.78, 5) is 15.8. The lowest BCUT2D eigenvalue weighted by molar-refractivity contribution is 0.0520. The highest BCUT2D eigenvalue weighted by Gasteiger charge is 2.10. The Morgan fingerprint density at radius 3 is 2.57 bits per heavy atom. The van der Waals surface area contributed by atoms with E-state index < -0.39 is 5.97 Å². The third-order valence-corrected chi connectivity index (χ3v) is 3.32. The van der Waals surface area contributed by atoms with Gasteiger partial charge in [-0.3, -0.25) is 0 Å². The highest BCUT2D eigenvalue weighted by atomic mass is 35.5. The number of halogens is 1. The van der Waals surface area contributed by atoms with Gasteiger partial charge in [0.2, 0.25) is 0 Å². The average Bonchev–Trinajstić information content (AvgIpc) is 3.06. The predicted molar refractivity (Wildman–Crippen MR) is 92.2 cm³/mol. The second-order valence-electron chi connectivity index (χ2n) is 4.80. The number of aromatic nitrogens is 2. The Hall–Kier alpha value is -2.59. The number of imidazole rings is 1. The molecule has 118 valence electrons. The Morgan fingerprint density at radius 1 is 1.09 bits per heavy atom. The van der Waals surface area contributed by atoms with Crippen LogP contribution in [0.5, 0.6) is 0 Å². The number of hydrogen-bond donors (Lipinski definition) is 0. The number of ether oxygens (including phenoxy) is 1. The highest BCUT2D eigenvalue weighted by molar-refractivity contribution is 5.87. The lowest BCUT2D eigenvalue weighted by atomic mass is 10.1. The highest BCUT2D eigenvalue weighted by Crippen LogP contribution is 2.22. The van der Waals surface area contributed by atoms with Gasteiger partial charge >= 0.3 is 5.97 Å². The summed E-state index contributed by atoms with van der Waals surface area (Å²) in [5.74, 6) is -0.402. The number of nitrogens with zero attached hydrogens (tertiary/aromatic N) is 2. The van der Waals surface area contributed by atoms with Crippen LogP contribution in [0.3, 0.4) is 0 Å². The maximum Gasteiger partial charge on any atom is 0.358 e. The molecule has 0 aliphatic heterocycles. The number of carbonyl (C=O) groups is 1. The summed E-state index contributed by atoms with van der Waals surface area (Å²) >= 11 is 0. The Labute approximate surface area is 141 Å². The van der Waals surface area contributed by atoms with E-state index in [9.17, 15) is 4.79 Å². The van der Waals surface area contributed by atoms with Gasteiger partial charge in [0, 0.05) is 11.9 Å². The molecule has 1 aromatic heterocycles.